The molecule has 0 aromatic heterocycles. The summed E-state index contributed by atoms with van der Waals surface area (Å²) >= 11 is 0. The first kappa shape index (κ1) is 19.5. The van der Waals surface area contributed by atoms with E-state index in [9.17, 15) is 0 Å². The van der Waals surface area contributed by atoms with Crippen LogP contribution < -0.4 is 0 Å². The number of hydrogen-bond acceptors (Lipinski definition) is 0. The molecule has 1 unspecified atom stereocenters. The lowest BCUT2D eigenvalue weighted by Crippen LogP contribution is -2.16. The van der Waals surface area contributed by atoms with Crippen LogP contribution in [0.5, 0.6) is 0 Å². The Hall–Kier alpha value is -0.870. The molecule has 0 fully saturated rings. The van der Waals surface area contributed by atoms with E-state index in [1.165, 1.54) is 61.4 Å². The summed E-state index contributed by atoms with van der Waals surface area (Å²) in [6.45, 7) is 17.9. The predicted molar refractivity (Wildman–Crippen MR) is 112 cm³/mol. The summed E-state index contributed by atoms with van der Waals surface area (Å²) in [6, 6.07) is 7.05. The standard InChI is InChI=1S/C23H35P/c1-17(2)9-7-8-10-18(3)20-11-13-23-16-21(19(4)24(5)6)12-14-22(23)15-20/h12,14,16-17,20H,3-4,7-11,13,15H2,1-2,5-6H3. The molecule has 2 rings (SSSR count). The van der Waals surface area contributed by atoms with Crippen LogP contribution in [0.1, 0.15) is 62.6 Å². The normalized spacial score (nSPS) is 17.2. The van der Waals surface area contributed by atoms with Crippen molar-refractivity contribution in [2.24, 2.45) is 11.8 Å². The van der Waals surface area contributed by atoms with Gasteiger partial charge in [-0.05, 0) is 79.3 Å². The minimum Gasteiger partial charge on any atom is -0.0996 e. The van der Waals surface area contributed by atoms with Gasteiger partial charge in [0, 0.05) is 0 Å². The molecule has 1 aliphatic carbocycles. The zero-order valence-corrected chi connectivity index (χ0v) is 17.1. The molecular weight excluding hydrogens is 307 g/mol. The van der Waals surface area contributed by atoms with E-state index in [0.717, 1.165) is 5.92 Å². The average molecular weight is 343 g/mol. The smallest absolute Gasteiger partial charge is 0.0162 e. The zero-order valence-electron chi connectivity index (χ0n) is 16.2. The Morgan fingerprint density at radius 3 is 2.58 bits per heavy atom. The molecule has 1 aliphatic rings. The van der Waals surface area contributed by atoms with Crippen LogP contribution in [0.25, 0.3) is 5.31 Å². The highest BCUT2D eigenvalue weighted by molar-refractivity contribution is 7.66. The van der Waals surface area contributed by atoms with Crippen molar-refractivity contribution in [1.82, 2.24) is 0 Å². The molecule has 0 amide bonds. The van der Waals surface area contributed by atoms with E-state index in [1.54, 1.807) is 11.1 Å². The highest BCUT2D eigenvalue weighted by Gasteiger charge is 2.21. The van der Waals surface area contributed by atoms with Crippen LogP contribution in [0.4, 0.5) is 0 Å². The van der Waals surface area contributed by atoms with Gasteiger partial charge >= 0.3 is 0 Å². The monoisotopic (exact) mass is 342 g/mol. The molecule has 132 valence electrons. The number of fused-ring (bicyclic) bond motifs is 1. The van der Waals surface area contributed by atoms with Crippen LogP contribution in [-0.2, 0) is 12.8 Å². The number of aryl methyl sites for hydroxylation is 1. The molecule has 0 spiro atoms. The summed E-state index contributed by atoms with van der Waals surface area (Å²) in [5.41, 5.74) is 5.94. The molecule has 1 aromatic rings. The van der Waals surface area contributed by atoms with Crippen molar-refractivity contribution in [2.75, 3.05) is 13.3 Å². The summed E-state index contributed by atoms with van der Waals surface area (Å²) in [5.74, 6) is 1.52. The molecular formula is C23H35P. The maximum Gasteiger partial charge on any atom is -0.0162 e. The van der Waals surface area contributed by atoms with Crippen LogP contribution in [0, 0.1) is 11.8 Å². The fourth-order valence-corrected chi connectivity index (χ4v) is 4.31. The number of allylic oxidation sites excluding steroid dienone is 1. The summed E-state index contributed by atoms with van der Waals surface area (Å²) in [5, 5.41) is 1.32. The lowest BCUT2D eigenvalue weighted by Gasteiger charge is -2.27. The van der Waals surface area contributed by atoms with Crippen LogP contribution in [0.3, 0.4) is 0 Å². The lowest BCUT2D eigenvalue weighted by molar-refractivity contribution is 0.488. The van der Waals surface area contributed by atoms with E-state index in [-0.39, 0.29) is 7.92 Å². The van der Waals surface area contributed by atoms with Gasteiger partial charge in [-0.25, -0.2) is 0 Å². The van der Waals surface area contributed by atoms with Gasteiger partial charge < -0.3 is 0 Å². The minimum absolute atomic E-state index is 0.0925. The largest absolute Gasteiger partial charge is 0.0996 e. The van der Waals surface area contributed by atoms with Gasteiger partial charge in [-0.2, -0.15) is 0 Å². The van der Waals surface area contributed by atoms with Crippen molar-refractivity contribution >= 4 is 13.2 Å². The second-order valence-electron chi connectivity index (χ2n) is 8.06. The van der Waals surface area contributed by atoms with Gasteiger partial charge in [0.15, 0.2) is 0 Å². The number of rotatable bonds is 8. The van der Waals surface area contributed by atoms with Crippen LogP contribution in [0.15, 0.2) is 36.9 Å². The van der Waals surface area contributed by atoms with Gasteiger partial charge in [-0.3, -0.25) is 0 Å². The van der Waals surface area contributed by atoms with Crippen LogP contribution >= 0.6 is 7.92 Å². The zero-order chi connectivity index (χ0) is 17.7. The molecule has 0 N–H and O–H groups in total. The molecule has 1 aromatic carbocycles. The third kappa shape index (κ3) is 5.32. The highest BCUT2D eigenvalue weighted by atomic mass is 31.1. The van der Waals surface area contributed by atoms with Gasteiger partial charge in [-0.1, -0.05) is 71.5 Å². The van der Waals surface area contributed by atoms with Gasteiger partial charge in [0.2, 0.25) is 0 Å². The van der Waals surface area contributed by atoms with E-state index < -0.39 is 0 Å². The van der Waals surface area contributed by atoms with E-state index in [0.29, 0.717) is 5.92 Å². The number of benzene rings is 1. The Morgan fingerprint density at radius 2 is 1.92 bits per heavy atom. The summed E-state index contributed by atoms with van der Waals surface area (Å²) in [6.07, 6.45) is 8.91. The second kappa shape index (κ2) is 9.00. The number of unbranched alkanes of at least 4 members (excludes halogenated alkanes) is 1. The van der Waals surface area contributed by atoms with E-state index in [1.807, 2.05) is 0 Å². The van der Waals surface area contributed by atoms with Crippen LogP contribution in [0.2, 0.25) is 0 Å². The maximum absolute atomic E-state index is 4.43. The lowest BCUT2D eigenvalue weighted by atomic mass is 9.78. The molecule has 1 heteroatoms. The topological polar surface area (TPSA) is 0 Å². The van der Waals surface area contributed by atoms with Gasteiger partial charge in [0.25, 0.3) is 0 Å². The molecule has 1 atom stereocenters. The van der Waals surface area contributed by atoms with E-state index in [2.05, 4.69) is 58.5 Å². The van der Waals surface area contributed by atoms with Crippen molar-refractivity contribution in [3.05, 3.63) is 53.6 Å². The molecule has 0 saturated heterocycles. The van der Waals surface area contributed by atoms with E-state index >= 15 is 0 Å². The SMILES string of the molecule is C=C(CCCCC(C)C)C1CCc2cc(C(=C)P(C)C)ccc2C1. The van der Waals surface area contributed by atoms with Crippen molar-refractivity contribution in [1.29, 1.82) is 0 Å². The Kier molecular flexibility index (Phi) is 7.30. The molecule has 0 heterocycles. The molecule has 0 saturated carbocycles. The summed E-state index contributed by atoms with van der Waals surface area (Å²) in [4.78, 5) is 0. The minimum atomic E-state index is -0.0925. The van der Waals surface area contributed by atoms with Crippen molar-refractivity contribution in [2.45, 2.75) is 58.8 Å². The quantitative estimate of drug-likeness (QED) is 0.264. The van der Waals surface area contributed by atoms with Gasteiger partial charge in [0.05, 0.1) is 0 Å². The van der Waals surface area contributed by atoms with Crippen LogP contribution in [-0.4, -0.2) is 13.3 Å². The highest BCUT2D eigenvalue weighted by Crippen LogP contribution is 2.43. The fraction of sp³-hybridized carbons (Fsp3) is 0.565. The van der Waals surface area contributed by atoms with Crippen molar-refractivity contribution in [3.63, 3.8) is 0 Å². The molecule has 0 aliphatic heterocycles. The first-order valence-electron chi connectivity index (χ1n) is 9.54. The molecule has 0 bridgehead atoms. The van der Waals surface area contributed by atoms with Gasteiger partial charge in [-0.15, -0.1) is 0 Å². The first-order valence-corrected chi connectivity index (χ1v) is 11.8. The summed E-state index contributed by atoms with van der Waals surface area (Å²) < 4.78 is 0. The predicted octanol–water partition coefficient (Wildman–Crippen LogP) is 7.28. The fourth-order valence-electron chi connectivity index (χ4n) is 3.65. The third-order valence-corrected chi connectivity index (χ3v) is 6.75. The average Bonchev–Trinajstić information content (AvgIpc) is 2.56. The first-order chi connectivity index (χ1) is 11.4. The molecule has 0 radical (unpaired) electrons. The van der Waals surface area contributed by atoms with Gasteiger partial charge in [0.1, 0.15) is 0 Å². The molecule has 0 nitrogen and oxygen atoms in total. The summed E-state index contributed by atoms with van der Waals surface area (Å²) in [7, 11) is -0.0925. The van der Waals surface area contributed by atoms with Crippen molar-refractivity contribution < 1.29 is 0 Å². The Bertz CT molecular complexity index is 580. The maximum atomic E-state index is 4.43. The molecule has 24 heavy (non-hydrogen) atoms. The second-order valence-corrected chi connectivity index (χ2v) is 10.4. The number of hydrogen-bond donors (Lipinski definition) is 0. The Morgan fingerprint density at radius 1 is 1.17 bits per heavy atom. The van der Waals surface area contributed by atoms with E-state index in [4.69, 9.17) is 0 Å². The third-order valence-electron chi connectivity index (χ3n) is 5.41. The Labute approximate surface area is 151 Å². The van der Waals surface area contributed by atoms with Crippen molar-refractivity contribution in [3.8, 4) is 0 Å². The Balaban J connectivity index is 1.92.